The summed E-state index contributed by atoms with van der Waals surface area (Å²) in [7, 11) is 0. The fraction of sp³-hybridized carbons (Fsp3) is 0.440. The predicted molar refractivity (Wildman–Crippen MR) is 135 cm³/mol. The summed E-state index contributed by atoms with van der Waals surface area (Å²) in [5.74, 6) is -4.14. The van der Waals surface area contributed by atoms with Crippen LogP contribution in [0.5, 0.6) is 0 Å². The van der Waals surface area contributed by atoms with Crippen LogP contribution in [0.15, 0.2) is 35.1 Å². The predicted octanol–water partition coefficient (Wildman–Crippen LogP) is 5.16. The molecular formula is C25H20ClF9N5O4+. The molecule has 2 atom stereocenters. The molecule has 1 fully saturated rings. The van der Waals surface area contributed by atoms with Gasteiger partial charge in [-0.25, -0.2) is 14.3 Å². The third kappa shape index (κ3) is 5.32. The Morgan fingerprint density at radius 2 is 1.70 bits per heavy atom. The van der Waals surface area contributed by atoms with Crippen molar-refractivity contribution in [3.05, 3.63) is 57.0 Å². The van der Waals surface area contributed by atoms with Crippen molar-refractivity contribution in [2.75, 3.05) is 31.2 Å². The minimum absolute atomic E-state index is 0.144. The molecule has 4 heterocycles. The number of hydroxylamine groups is 2. The summed E-state index contributed by atoms with van der Waals surface area (Å²) in [5.41, 5.74) is -6.40. The number of carbonyl (C=O) groups excluding carboxylic acids is 1. The minimum atomic E-state index is -5.77. The Hall–Kier alpha value is -3.64. The molecule has 2 aromatic heterocycles. The topological polar surface area (TPSA) is 86.6 Å². The van der Waals surface area contributed by atoms with Crippen LogP contribution in [0.4, 0.5) is 51.3 Å². The van der Waals surface area contributed by atoms with Crippen LogP contribution in [0.1, 0.15) is 18.2 Å². The van der Waals surface area contributed by atoms with E-state index in [4.69, 9.17) is 21.2 Å². The summed E-state index contributed by atoms with van der Waals surface area (Å²) >= 11 is 6.04. The molecule has 238 valence electrons. The van der Waals surface area contributed by atoms with Gasteiger partial charge in [0.2, 0.25) is 0 Å². The van der Waals surface area contributed by atoms with Gasteiger partial charge in [-0.3, -0.25) is 9.63 Å². The molecule has 1 unspecified atom stereocenters. The maximum absolute atomic E-state index is 14.9. The van der Waals surface area contributed by atoms with E-state index in [2.05, 4.69) is 9.97 Å². The molecule has 9 nitrogen and oxygen atoms in total. The van der Waals surface area contributed by atoms with Gasteiger partial charge in [0.25, 0.3) is 11.1 Å². The van der Waals surface area contributed by atoms with E-state index in [0.717, 1.165) is 24.3 Å². The maximum atomic E-state index is 14.9. The van der Waals surface area contributed by atoms with Crippen molar-refractivity contribution >= 4 is 40.2 Å². The van der Waals surface area contributed by atoms with E-state index in [0.29, 0.717) is 17.6 Å². The van der Waals surface area contributed by atoms with E-state index in [-0.39, 0.29) is 48.6 Å². The molecule has 19 heteroatoms. The molecule has 0 N–H and O–H groups in total. The van der Waals surface area contributed by atoms with Crippen molar-refractivity contribution in [1.29, 1.82) is 0 Å². The molecule has 1 saturated heterocycles. The number of halogens is 10. The number of quaternary nitrogens is 1. The second-order valence-corrected chi connectivity index (χ2v) is 10.7. The van der Waals surface area contributed by atoms with Crippen LogP contribution in [0.2, 0.25) is 5.02 Å². The average Bonchev–Trinajstić information content (AvgIpc) is 3.17. The quantitative estimate of drug-likeness (QED) is 0.282. The van der Waals surface area contributed by atoms with Crippen LogP contribution in [0, 0.1) is 0 Å². The van der Waals surface area contributed by atoms with Crippen LogP contribution in [-0.4, -0.2) is 64.7 Å². The first-order valence-corrected chi connectivity index (χ1v) is 13.0. The fourth-order valence-electron chi connectivity index (χ4n) is 5.14. The lowest BCUT2D eigenvalue weighted by Gasteiger charge is -2.41. The molecule has 0 saturated carbocycles. The van der Waals surface area contributed by atoms with E-state index >= 15 is 0 Å². The van der Waals surface area contributed by atoms with Crippen molar-refractivity contribution < 1.29 is 53.9 Å². The van der Waals surface area contributed by atoms with Crippen LogP contribution >= 0.6 is 11.6 Å². The summed E-state index contributed by atoms with van der Waals surface area (Å²) in [6.07, 6.45) is -16.1. The van der Waals surface area contributed by atoms with Crippen molar-refractivity contribution in [1.82, 2.24) is 19.2 Å². The first kappa shape index (κ1) is 31.8. The lowest BCUT2D eigenvalue weighted by Crippen LogP contribution is -2.69. The lowest BCUT2D eigenvalue weighted by atomic mass is 9.98. The van der Waals surface area contributed by atoms with E-state index in [1.165, 1.54) is 4.90 Å². The summed E-state index contributed by atoms with van der Waals surface area (Å²) in [4.78, 5) is 39.3. The molecule has 0 aliphatic carbocycles. The Labute approximate surface area is 245 Å². The zero-order valence-corrected chi connectivity index (χ0v) is 23.0. The van der Waals surface area contributed by atoms with Gasteiger partial charge in [-0.15, -0.1) is 0 Å². The first-order chi connectivity index (χ1) is 20.3. The third-order valence-electron chi connectivity index (χ3n) is 7.50. The normalized spacial score (nSPS) is 22.8. The Kier molecular flexibility index (Phi) is 7.56. The van der Waals surface area contributed by atoms with Crippen LogP contribution in [0.3, 0.4) is 0 Å². The highest BCUT2D eigenvalue weighted by molar-refractivity contribution is 6.35. The zero-order valence-electron chi connectivity index (χ0n) is 22.3. The Balaban J connectivity index is 1.75. The number of rotatable bonds is 4. The largest absolute Gasteiger partial charge is 0.497 e. The highest BCUT2D eigenvalue weighted by Gasteiger charge is 2.76. The van der Waals surface area contributed by atoms with E-state index in [1.54, 1.807) is 0 Å². The number of ether oxygens (including phenoxy) is 1. The highest BCUT2D eigenvalue weighted by Crippen LogP contribution is 2.51. The maximum Gasteiger partial charge on any atom is 0.497 e. The fourth-order valence-corrected chi connectivity index (χ4v) is 5.40. The second-order valence-electron chi connectivity index (χ2n) is 10.3. The van der Waals surface area contributed by atoms with Gasteiger partial charge in [0, 0.05) is 37.0 Å². The number of benzene rings is 1. The molecule has 2 aliphatic rings. The molecule has 3 aromatic rings. The number of morpholine rings is 1. The lowest BCUT2D eigenvalue weighted by molar-refractivity contribution is -0.307. The van der Waals surface area contributed by atoms with Crippen LogP contribution in [0.25, 0.3) is 10.9 Å². The van der Waals surface area contributed by atoms with Crippen LogP contribution < -0.4 is 15.1 Å². The first-order valence-electron chi connectivity index (χ1n) is 12.6. The smallest absolute Gasteiger partial charge is 0.378 e. The monoisotopic (exact) mass is 660 g/mol. The van der Waals surface area contributed by atoms with Gasteiger partial charge in [-0.1, -0.05) is 22.3 Å². The van der Waals surface area contributed by atoms with Gasteiger partial charge in [0.05, 0.1) is 23.8 Å². The molecule has 0 radical (unpaired) electrons. The standard InChI is InChI=1S/C25H20ClF9N5O4/c1-22(25(33,34)35)12-39-19(41)10-18(38-4-6-43-7-5-38)37-21(39)40(22,44-20(42)24(30,31)32)11-13-2-3-16-14(8-13)15(26)9-17(36-16)23(27,28)29/h2-3,8-10H,4-7,11-12H2,1H3/q+1/t22-,40?/m0/s1. The number of hydrogen-bond donors (Lipinski definition) is 0. The van der Waals surface area contributed by atoms with E-state index in [9.17, 15) is 49.1 Å². The van der Waals surface area contributed by atoms with Gasteiger partial charge in [-0.2, -0.15) is 44.5 Å². The van der Waals surface area contributed by atoms with Gasteiger partial charge in [-0.05, 0) is 18.2 Å². The molecule has 0 amide bonds. The summed E-state index contributed by atoms with van der Waals surface area (Å²) in [5, 5.41) is -0.690. The average molecular weight is 661 g/mol. The summed E-state index contributed by atoms with van der Waals surface area (Å²) in [6.45, 7) is -1.39. The Bertz CT molecular complexity index is 1690. The van der Waals surface area contributed by atoms with Crippen molar-refractivity contribution in [2.45, 2.75) is 44.1 Å². The number of fused-ring (bicyclic) bond motifs is 2. The number of anilines is 1. The Morgan fingerprint density at radius 3 is 2.30 bits per heavy atom. The van der Waals surface area contributed by atoms with Gasteiger partial charge in [0.15, 0.2) is 6.54 Å². The number of pyridine rings is 1. The summed E-state index contributed by atoms with van der Waals surface area (Å²) in [6, 6.07) is 4.37. The molecule has 1 aromatic carbocycles. The van der Waals surface area contributed by atoms with E-state index in [1.807, 2.05) is 0 Å². The van der Waals surface area contributed by atoms with E-state index < -0.39 is 70.0 Å². The van der Waals surface area contributed by atoms with Crippen LogP contribution in [-0.2, 0) is 33.6 Å². The number of carbonyl (C=O) groups is 1. The molecule has 0 bridgehead atoms. The molecular weight excluding hydrogens is 641 g/mol. The number of alkyl halides is 9. The SMILES string of the molecule is C[C@@]1(C(F)(F)F)Cn2c(nc(N3CCOCC3)cc2=O)[N+]1(Cc1ccc2nc(C(F)(F)F)cc(Cl)c2c1)OC(=O)C(F)(F)F. The minimum Gasteiger partial charge on any atom is -0.378 e. The molecule has 44 heavy (non-hydrogen) atoms. The van der Waals surface area contributed by atoms with Gasteiger partial charge < -0.3 is 9.64 Å². The third-order valence-corrected chi connectivity index (χ3v) is 7.81. The number of hydrogen-bond acceptors (Lipinski definition) is 7. The molecule has 0 spiro atoms. The van der Waals surface area contributed by atoms with Crippen molar-refractivity contribution in [3.63, 3.8) is 0 Å². The molecule has 2 aliphatic heterocycles. The Morgan fingerprint density at radius 1 is 1.05 bits per heavy atom. The zero-order chi connectivity index (χ0) is 32.5. The number of nitrogens with zero attached hydrogens (tertiary/aromatic N) is 5. The van der Waals surface area contributed by atoms with Crippen molar-refractivity contribution in [2.24, 2.45) is 0 Å². The second kappa shape index (κ2) is 10.5. The van der Waals surface area contributed by atoms with Gasteiger partial charge in [0.1, 0.15) is 18.1 Å². The molecule has 5 rings (SSSR count). The van der Waals surface area contributed by atoms with Crippen molar-refractivity contribution in [3.8, 4) is 0 Å². The summed E-state index contributed by atoms with van der Waals surface area (Å²) < 4.78 is 129. The highest BCUT2D eigenvalue weighted by atomic mass is 35.5. The number of aromatic nitrogens is 3. The van der Waals surface area contributed by atoms with Gasteiger partial charge >= 0.3 is 30.4 Å².